The molecule has 0 saturated heterocycles. The molecule has 0 unspecified atom stereocenters. The third kappa shape index (κ3) is 7.25. The molecule has 1 aromatic heterocycles. The SMILES string of the molecule is CCOC(=O)CCNC(=O)c1ccc(N[C@H](C(=O)Nc2ccc(-c3cc4ccccc4o3)cc2)C(C)C)cc1. The van der Waals surface area contributed by atoms with E-state index in [2.05, 4.69) is 16.0 Å². The van der Waals surface area contributed by atoms with Crippen molar-refractivity contribution in [3.8, 4) is 11.3 Å². The van der Waals surface area contributed by atoms with Crippen molar-refractivity contribution in [2.45, 2.75) is 33.2 Å². The summed E-state index contributed by atoms with van der Waals surface area (Å²) < 4.78 is 10.8. The number of hydrogen-bond acceptors (Lipinski definition) is 6. The molecule has 0 aliphatic carbocycles. The summed E-state index contributed by atoms with van der Waals surface area (Å²) in [7, 11) is 0. The lowest BCUT2D eigenvalue weighted by molar-refractivity contribution is -0.142. The second-order valence-corrected chi connectivity index (χ2v) is 9.47. The molecule has 2 amide bonds. The summed E-state index contributed by atoms with van der Waals surface area (Å²) in [6, 6.07) is 23.8. The van der Waals surface area contributed by atoms with Crippen LogP contribution in [-0.4, -0.2) is 37.0 Å². The standard InChI is InChI=1S/C31H33N3O5/c1-4-38-28(35)17-18-32-30(36)22-11-15-24(16-12-22)33-29(20(2)3)31(37)34-25-13-9-21(10-14-25)27-19-23-7-5-6-8-26(23)39-27/h5-16,19-20,29,33H,4,17-18H2,1-3H3,(H,32,36)(H,34,37)/t29-/m0/s1. The van der Waals surface area contributed by atoms with E-state index in [1.807, 2.05) is 68.4 Å². The van der Waals surface area contributed by atoms with Crippen molar-refractivity contribution in [3.63, 3.8) is 0 Å². The van der Waals surface area contributed by atoms with Gasteiger partial charge in [-0.2, -0.15) is 0 Å². The molecule has 1 atom stereocenters. The molecule has 0 saturated carbocycles. The number of para-hydroxylation sites is 1. The van der Waals surface area contributed by atoms with Crippen molar-refractivity contribution >= 4 is 40.1 Å². The van der Waals surface area contributed by atoms with Crippen LogP contribution in [0, 0.1) is 5.92 Å². The number of hydrogen-bond donors (Lipinski definition) is 3. The van der Waals surface area contributed by atoms with E-state index in [4.69, 9.17) is 9.15 Å². The molecule has 39 heavy (non-hydrogen) atoms. The fraction of sp³-hybridized carbons (Fsp3) is 0.258. The molecule has 0 aliphatic rings. The van der Waals surface area contributed by atoms with E-state index >= 15 is 0 Å². The molecule has 8 heteroatoms. The van der Waals surface area contributed by atoms with E-state index in [0.29, 0.717) is 23.5 Å². The maximum Gasteiger partial charge on any atom is 0.307 e. The first-order valence-corrected chi connectivity index (χ1v) is 13.0. The van der Waals surface area contributed by atoms with Crippen LogP contribution in [0.15, 0.2) is 83.3 Å². The third-order valence-electron chi connectivity index (χ3n) is 6.20. The highest BCUT2D eigenvalue weighted by Gasteiger charge is 2.22. The average Bonchev–Trinajstić information content (AvgIpc) is 3.37. The third-order valence-corrected chi connectivity index (χ3v) is 6.20. The molecule has 0 radical (unpaired) electrons. The first kappa shape index (κ1) is 27.4. The summed E-state index contributed by atoms with van der Waals surface area (Å²) >= 11 is 0. The van der Waals surface area contributed by atoms with Crippen LogP contribution in [0.3, 0.4) is 0 Å². The molecule has 0 fully saturated rings. The number of anilines is 2. The fourth-order valence-corrected chi connectivity index (χ4v) is 4.11. The van der Waals surface area contributed by atoms with Gasteiger partial charge in [-0.05, 0) is 73.5 Å². The Hall–Kier alpha value is -4.59. The number of carbonyl (C=O) groups is 3. The number of fused-ring (bicyclic) bond motifs is 1. The highest BCUT2D eigenvalue weighted by atomic mass is 16.5. The van der Waals surface area contributed by atoms with Crippen LogP contribution in [0.5, 0.6) is 0 Å². The highest BCUT2D eigenvalue weighted by molar-refractivity contribution is 5.97. The van der Waals surface area contributed by atoms with Gasteiger partial charge < -0.3 is 25.1 Å². The van der Waals surface area contributed by atoms with E-state index in [9.17, 15) is 14.4 Å². The van der Waals surface area contributed by atoms with Gasteiger partial charge in [0.1, 0.15) is 17.4 Å². The van der Waals surface area contributed by atoms with Crippen molar-refractivity contribution in [2.24, 2.45) is 5.92 Å². The molecule has 3 N–H and O–H groups in total. The Labute approximate surface area is 227 Å². The van der Waals surface area contributed by atoms with Crippen LogP contribution in [0.1, 0.15) is 37.6 Å². The molecule has 0 spiro atoms. The van der Waals surface area contributed by atoms with Gasteiger partial charge in [-0.15, -0.1) is 0 Å². The number of esters is 1. The minimum atomic E-state index is -0.496. The maximum absolute atomic E-state index is 13.1. The number of carbonyl (C=O) groups excluding carboxylic acids is 3. The number of rotatable bonds is 11. The Kier molecular flexibility index (Phi) is 8.99. The van der Waals surface area contributed by atoms with Crippen molar-refractivity contribution in [1.82, 2.24) is 5.32 Å². The van der Waals surface area contributed by atoms with Crippen molar-refractivity contribution < 1.29 is 23.5 Å². The Bertz CT molecular complexity index is 1390. The first-order chi connectivity index (χ1) is 18.8. The summed E-state index contributed by atoms with van der Waals surface area (Å²) in [6.45, 7) is 6.18. The van der Waals surface area contributed by atoms with Gasteiger partial charge in [0.15, 0.2) is 0 Å². The molecule has 202 valence electrons. The van der Waals surface area contributed by atoms with Gasteiger partial charge in [0, 0.05) is 34.4 Å². The quantitative estimate of drug-likeness (QED) is 0.211. The van der Waals surface area contributed by atoms with Gasteiger partial charge in [0.25, 0.3) is 5.91 Å². The second kappa shape index (κ2) is 12.8. The molecule has 4 aromatic rings. The normalized spacial score (nSPS) is 11.7. The maximum atomic E-state index is 13.1. The molecular formula is C31H33N3O5. The monoisotopic (exact) mass is 527 g/mol. The molecule has 0 bridgehead atoms. The van der Waals surface area contributed by atoms with Gasteiger partial charge in [0.2, 0.25) is 5.91 Å². The van der Waals surface area contributed by atoms with E-state index < -0.39 is 6.04 Å². The van der Waals surface area contributed by atoms with E-state index in [1.165, 1.54) is 0 Å². The number of benzene rings is 3. The Morgan fingerprint density at radius 1 is 0.897 bits per heavy atom. The fourth-order valence-electron chi connectivity index (χ4n) is 4.11. The van der Waals surface area contributed by atoms with Gasteiger partial charge in [-0.25, -0.2) is 0 Å². The summed E-state index contributed by atoms with van der Waals surface area (Å²) in [5, 5.41) is 10.00. The zero-order valence-electron chi connectivity index (χ0n) is 22.3. The Morgan fingerprint density at radius 2 is 1.59 bits per heavy atom. The molecule has 4 rings (SSSR count). The molecule has 3 aromatic carbocycles. The second-order valence-electron chi connectivity index (χ2n) is 9.47. The van der Waals surface area contributed by atoms with Crippen LogP contribution in [-0.2, 0) is 14.3 Å². The number of nitrogens with one attached hydrogen (secondary N) is 3. The molecular weight excluding hydrogens is 494 g/mol. The summed E-state index contributed by atoms with van der Waals surface area (Å²) in [4.78, 5) is 36.9. The number of ether oxygens (including phenoxy) is 1. The molecule has 1 heterocycles. The van der Waals surface area contributed by atoms with Gasteiger partial charge in [0.05, 0.1) is 13.0 Å². The lowest BCUT2D eigenvalue weighted by atomic mass is 10.0. The minimum absolute atomic E-state index is 0.00525. The average molecular weight is 528 g/mol. The largest absolute Gasteiger partial charge is 0.466 e. The van der Waals surface area contributed by atoms with Gasteiger partial charge in [-0.3, -0.25) is 14.4 Å². The number of amides is 2. The molecule has 8 nitrogen and oxygen atoms in total. The first-order valence-electron chi connectivity index (χ1n) is 13.0. The van der Waals surface area contributed by atoms with E-state index in [0.717, 1.165) is 22.3 Å². The topological polar surface area (TPSA) is 110 Å². The van der Waals surface area contributed by atoms with Crippen LogP contribution in [0.2, 0.25) is 0 Å². The smallest absolute Gasteiger partial charge is 0.307 e. The Morgan fingerprint density at radius 3 is 2.26 bits per heavy atom. The Balaban J connectivity index is 1.34. The van der Waals surface area contributed by atoms with Crippen molar-refractivity contribution in [1.29, 1.82) is 0 Å². The van der Waals surface area contributed by atoms with Gasteiger partial charge in [-0.1, -0.05) is 32.0 Å². The van der Waals surface area contributed by atoms with E-state index in [-0.39, 0.29) is 36.7 Å². The zero-order chi connectivity index (χ0) is 27.8. The van der Waals surface area contributed by atoms with Crippen LogP contribution < -0.4 is 16.0 Å². The van der Waals surface area contributed by atoms with Gasteiger partial charge >= 0.3 is 5.97 Å². The zero-order valence-corrected chi connectivity index (χ0v) is 22.3. The predicted molar refractivity (Wildman–Crippen MR) is 153 cm³/mol. The van der Waals surface area contributed by atoms with Crippen molar-refractivity contribution in [3.05, 3.63) is 84.4 Å². The van der Waals surface area contributed by atoms with Crippen molar-refractivity contribution in [2.75, 3.05) is 23.8 Å². The number of furan rings is 1. The van der Waals surface area contributed by atoms with Crippen LogP contribution >= 0.6 is 0 Å². The van der Waals surface area contributed by atoms with Crippen LogP contribution in [0.4, 0.5) is 11.4 Å². The minimum Gasteiger partial charge on any atom is -0.466 e. The van der Waals surface area contributed by atoms with E-state index in [1.54, 1.807) is 31.2 Å². The summed E-state index contributed by atoms with van der Waals surface area (Å²) in [6.07, 6.45) is 0.118. The van der Waals surface area contributed by atoms with Crippen LogP contribution in [0.25, 0.3) is 22.3 Å². The lowest BCUT2D eigenvalue weighted by Gasteiger charge is -2.23. The molecule has 0 aliphatic heterocycles. The summed E-state index contributed by atoms with van der Waals surface area (Å²) in [5.41, 5.74) is 3.61. The summed E-state index contributed by atoms with van der Waals surface area (Å²) in [5.74, 6) is -0.0209. The lowest BCUT2D eigenvalue weighted by Crippen LogP contribution is -2.38. The predicted octanol–water partition coefficient (Wildman–Crippen LogP) is 5.86. The highest BCUT2D eigenvalue weighted by Crippen LogP contribution is 2.28.